The molecule has 1 aliphatic heterocycles. The molecule has 1 fully saturated rings. The minimum absolute atomic E-state index is 0.270. The standard InChI is InChI=1S/C13H16Cl2N4/c1-8(19-4-2-16-3-5-19)13-17-11-6-9(14)10(15)7-12(11)18-13/h6-8,16H,2-5H2,1H3,(H,17,18). The third-order valence-electron chi connectivity index (χ3n) is 3.64. The predicted octanol–water partition coefficient (Wildman–Crippen LogP) is 2.84. The van der Waals surface area contributed by atoms with Crippen LogP contribution in [0.5, 0.6) is 0 Å². The molecule has 2 aromatic rings. The van der Waals surface area contributed by atoms with Gasteiger partial charge in [-0.05, 0) is 19.1 Å². The second-order valence-corrected chi connectivity index (χ2v) is 5.68. The molecule has 6 heteroatoms. The van der Waals surface area contributed by atoms with E-state index in [9.17, 15) is 0 Å². The van der Waals surface area contributed by atoms with Crippen LogP contribution in [0.15, 0.2) is 12.1 Å². The normalized spacial score (nSPS) is 18.9. The third kappa shape index (κ3) is 2.58. The van der Waals surface area contributed by atoms with Crippen LogP contribution < -0.4 is 5.32 Å². The first-order valence-electron chi connectivity index (χ1n) is 6.44. The molecular weight excluding hydrogens is 283 g/mol. The molecule has 1 aromatic carbocycles. The molecule has 1 atom stereocenters. The Kier molecular flexibility index (Phi) is 3.67. The summed E-state index contributed by atoms with van der Waals surface area (Å²) in [4.78, 5) is 10.4. The van der Waals surface area contributed by atoms with Gasteiger partial charge >= 0.3 is 0 Å². The quantitative estimate of drug-likeness (QED) is 0.896. The van der Waals surface area contributed by atoms with Crippen molar-refractivity contribution < 1.29 is 0 Å². The van der Waals surface area contributed by atoms with Crippen LogP contribution in [0.3, 0.4) is 0 Å². The van der Waals surface area contributed by atoms with Crippen molar-refractivity contribution in [2.24, 2.45) is 0 Å². The number of fused-ring (bicyclic) bond motifs is 1. The van der Waals surface area contributed by atoms with E-state index in [4.69, 9.17) is 23.2 Å². The zero-order valence-corrected chi connectivity index (χ0v) is 12.2. The summed E-state index contributed by atoms with van der Waals surface area (Å²) in [6.45, 7) is 6.32. The number of nitrogens with one attached hydrogen (secondary N) is 2. The molecule has 1 aromatic heterocycles. The maximum absolute atomic E-state index is 6.03. The number of nitrogens with zero attached hydrogens (tertiary/aromatic N) is 2. The van der Waals surface area contributed by atoms with E-state index < -0.39 is 0 Å². The van der Waals surface area contributed by atoms with Gasteiger partial charge < -0.3 is 10.3 Å². The lowest BCUT2D eigenvalue weighted by molar-refractivity contribution is 0.180. The molecule has 2 heterocycles. The van der Waals surface area contributed by atoms with E-state index in [1.54, 1.807) is 0 Å². The van der Waals surface area contributed by atoms with Crippen molar-refractivity contribution in [3.8, 4) is 0 Å². The van der Waals surface area contributed by atoms with Crippen LogP contribution in [-0.4, -0.2) is 41.0 Å². The Morgan fingerprint density at radius 2 is 1.89 bits per heavy atom. The summed E-state index contributed by atoms with van der Waals surface area (Å²) in [6, 6.07) is 3.91. The van der Waals surface area contributed by atoms with Gasteiger partial charge in [-0.1, -0.05) is 23.2 Å². The van der Waals surface area contributed by atoms with Crippen LogP contribution in [0.25, 0.3) is 11.0 Å². The molecule has 0 saturated carbocycles. The Bertz CT molecular complexity index is 551. The molecule has 4 nitrogen and oxygen atoms in total. The van der Waals surface area contributed by atoms with Crippen molar-refractivity contribution in [1.82, 2.24) is 20.2 Å². The molecule has 2 N–H and O–H groups in total. The molecule has 3 rings (SSSR count). The van der Waals surface area contributed by atoms with E-state index in [1.807, 2.05) is 12.1 Å². The Morgan fingerprint density at radius 3 is 2.63 bits per heavy atom. The van der Waals surface area contributed by atoms with Gasteiger partial charge in [0.2, 0.25) is 0 Å². The number of imidazole rings is 1. The van der Waals surface area contributed by atoms with Crippen LogP contribution >= 0.6 is 23.2 Å². The van der Waals surface area contributed by atoms with Crippen LogP contribution in [0.2, 0.25) is 10.0 Å². The number of hydrogen-bond acceptors (Lipinski definition) is 3. The highest BCUT2D eigenvalue weighted by molar-refractivity contribution is 6.42. The van der Waals surface area contributed by atoms with Gasteiger partial charge in [0.15, 0.2) is 0 Å². The van der Waals surface area contributed by atoms with Crippen molar-refractivity contribution in [3.63, 3.8) is 0 Å². The topological polar surface area (TPSA) is 44.0 Å². The number of hydrogen-bond donors (Lipinski definition) is 2. The molecule has 0 bridgehead atoms. The Balaban J connectivity index is 1.91. The number of rotatable bonds is 2. The van der Waals surface area contributed by atoms with E-state index in [2.05, 4.69) is 27.1 Å². The number of halogens is 2. The van der Waals surface area contributed by atoms with Gasteiger partial charge in [-0.25, -0.2) is 4.98 Å². The zero-order valence-electron chi connectivity index (χ0n) is 10.7. The lowest BCUT2D eigenvalue weighted by Crippen LogP contribution is -2.44. The van der Waals surface area contributed by atoms with Gasteiger partial charge in [-0.3, -0.25) is 4.90 Å². The lowest BCUT2D eigenvalue weighted by atomic mass is 10.2. The Hall–Kier alpha value is -0.810. The molecule has 0 radical (unpaired) electrons. The second-order valence-electron chi connectivity index (χ2n) is 4.87. The first-order valence-corrected chi connectivity index (χ1v) is 7.20. The van der Waals surface area contributed by atoms with Gasteiger partial charge in [-0.15, -0.1) is 0 Å². The summed E-state index contributed by atoms with van der Waals surface area (Å²) < 4.78 is 0. The summed E-state index contributed by atoms with van der Waals surface area (Å²) in [5.41, 5.74) is 1.80. The average Bonchev–Trinajstić information content (AvgIpc) is 2.82. The van der Waals surface area contributed by atoms with Gasteiger partial charge in [0.25, 0.3) is 0 Å². The number of H-pyrrole nitrogens is 1. The molecule has 1 aliphatic rings. The molecule has 1 unspecified atom stereocenters. The fourth-order valence-corrected chi connectivity index (χ4v) is 2.79. The third-order valence-corrected chi connectivity index (χ3v) is 4.36. The number of aromatic nitrogens is 2. The lowest BCUT2D eigenvalue weighted by Gasteiger charge is -2.31. The highest BCUT2D eigenvalue weighted by atomic mass is 35.5. The minimum atomic E-state index is 0.270. The van der Waals surface area contributed by atoms with Crippen LogP contribution in [0.1, 0.15) is 18.8 Å². The van der Waals surface area contributed by atoms with E-state index in [0.717, 1.165) is 43.0 Å². The molecule has 0 spiro atoms. The average molecular weight is 299 g/mol. The summed E-state index contributed by atoms with van der Waals surface area (Å²) in [7, 11) is 0. The van der Waals surface area contributed by atoms with Crippen molar-refractivity contribution in [1.29, 1.82) is 0 Å². The van der Waals surface area contributed by atoms with Crippen LogP contribution in [0.4, 0.5) is 0 Å². The zero-order chi connectivity index (χ0) is 13.4. The predicted molar refractivity (Wildman–Crippen MR) is 79.0 cm³/mol. The molecular formula is C13H16Cl2N4. The molecule has 19 heavy (non-hydrogen) atoms. The number of aromatic amines is 1. The van der Waals surface area contributed by atoms with Gasteiger partial charge in [-0.2, -0.15) is 0 Å². The van der Waals surface area contributed by atoms with Crippen LogP contribution in [0, 0.1) is 0 Å². The van der Waals surface area contributed by atoms with Gasteiger partial charge in [0.1, 0.15) is 5.82 Å². The largest absolute Gasteiger partial charge is 0.341 e. The monoisotopic (exact) mass is 298 g/mol. The highest BCUT2D eigenvalue weighted by Gasteiger charge is 2.20. The Labute approximate surface area is 122 Å². The summed E-state index contributed by atoms with van der Waals surface area (Å²) in [5.74, 6) is 0.968. The minimum Gasteiger partial charge on any atom is -0.341 e. The second kappa shape index (κ2) is 5.29. The van der Waals surface area contributed by atoms with Crippen molar-refractivity contribution in [2.75, 3.05) is 26.2 Å². The van der Waals surface area contributed by atoms with Gasteiger partial charge in [0.05, 0.1) is 27.1 Å². The smallest absolute Gasteiger partial charge is 0.124 e. The fraction of sp³-hybridized carbons (Fsp3) is 0.462. The number of piperazine rings is 1. The van der Waals surface area contributed by atoms with Crippen molar-refractivity contribution >= 4 is 34.2 Å². The number of benzene rings is 1. The summed E-state index contributed by atoms with van der Waals surface area (Å²) >= 11 is 12.0. The van der Waals surface area contributed by atoms with Crippen LogP contribution in [-0.2, 0) is 0 Å². The van der Waals surface area contributed by atoms with E-state index >= 15 is 0 Å². The molecule has 1 saturated heterocycles. The molecule has 0 aliphatic carbocycles. The summed E-state index contributed by atoms with van der Waals surface area (Å²) in [5, 5.41) is 4.45. The van der Waals surface area contributed by atoms with E-state index in [-0.39, 0.29) is 6.04 Å². The van der Waals surface area contributed by atoms with Crippen molar-refractivity contribution in [2.45, 2.75) is 13.0 Å². The first-order chi connectivity index (χ1) is 9.15. The van der Waals surface area contributed by atoms with E-state index in [0.29, 0.717) is 10.0 Å². The maximum Gasteiger partial charge on any atom is 0.124 e. The van der Waals surface area contributed by atoms with E-state index in [1.165, 1.54) is 0 Å². The fourth-order valence-electron chi connectivity index (χ4n) is 2.46. The molecule has 102 valence electrons. The maximum atomic E-state index is 6.03. The van der Waals surface area contributed by atoms with Gasteiger partial charge in [0, 0.05) is 26.2 Å². The first kappa shape index (κ1) is 13.2. The Morgan fingerprint density at radius 1 is 1.21 bits per heavy atom. The summed E-state index contributed by atoms with van der Waals surface area (Å²) in [6.07, 6.45) is 0. The SMILES string of the molecule is CC(c1nc2cc(Cl)c(Cl)cc2[nH]1)N1CCNCC1. The van der Waals surface area contributed by atoms with Crippen molar-refractivity contribution in [3.05, 3.63) is 28.0 Å². The highest BCUT2D eigenvalue weighted by Crippen LogP contribution is 2.28. The molecule has 0 amide bonds.